The van der Waals surface area contributed by atoms with Crippen molar-refractivity contribution in [1.82, 2.24) is 4.90 Å². The summed E-state index contributed by atoms with van der Waals surface area (Å²) in [5.74, 6) is 1.93. The topological polar surface area (TPSA) is 124 Å². The van der Waals surface area contributed by atoms with Crippen molar-refractivity contribution in [2.24, 2.45) is 11.8 Å². The quantitative estimate of drug-likeness (QED) is 0.0336. The van der Waals surface area contributed by atoms with Crippen LogP contribution < -0.4 is 16.2 Å². The van der Waals surface area contributed by atoms with Gasteiger partial charge >= 0.3 is 0 Å². The van der Waals surface area contributed by atoms with Gasteiger partial charge in [0.05, 0.1) is 5.69 Å². The van der Waals surface area contributed by atoms with Gasteiger partial charge in [0.15, 0.2) is 0 Å². The molecule has 0 aliphatic rings. The minimum atomic E-state index is -0.296. The third kappa shape index (κ3) is 39.8. The summed E-state index contributed by atoms with van der Waals surface area (Å²) in [4.78, 5) is 43.6. The Hall–Kier alpha value is -2.22. The van der Waals surface area contributed by atoms with Gasteiger partial charge in [-0.05, 0) is 57.2 Å². The first kappa shape index (κ1) is 62.9. The van der Waals surface area contributed by atoms with Gasteiger partial charge in [0.25, 0.3) is 12.9 Å². The second-order valence-electron chi connectivity index (χ2n) is 18.9. The van der Waals surface area contributed by atoms with Gasteiger partial charge in [-0.15, -0.1) is 0 Å². The van der Waals surface area contributed by atoms with Crippen LogP contribution in [-0.2, 0) is 16.0 Å². The molecule has 1 aromatic carbocycles. The molecule has 8 nitrogen and oxygen atoms in total. The largest absolute Gasteiger partial charge is 0.483 e. The number of nitrogens with one attached hydrogen (secondary N) is 1. The van der Waals surface area contributed by atoms with Crippen LogP contribution >= 0.6 is 0 Å². The van der Waals surface area contributed by atoms with Gasteiger partial charge in [0.2, 0.25) is 10.9 Å². The van der Waals surface area contributed by atoms with Crippen LogP contribution in [0.4, 0.5) is 5.69 Å². The second kappa shape index (κ2) is 50.8. The van der Waals surface area contributed by atoms with Crippen LogP contribution in [-0.4, -0.2) is 54.2 Å². The standard InChI is InChI=1S/C53H102N2O2.2CH2O2/c1-6-11-14-17-22-29-39-48(37-9-4)40-30-25-20-27-34-45-55(47-36-44-54-51-50(38-10-5)52(56)53(51)57)46-35-28-21-26-33-43-49(41-31-23-18-15-12-7-2)42-32-24-19-16-13-8-3;2*2-1-3/h48-49,54H,6-47H2,1-5H3;2*1H,(H,2,3). The zero-order valence-electron chi connectivity index (χ0n) is 42.5. The van der Waals surface area contributed by atoms with E-state index in [1.807, 2.05) is 0 Å². The maximum Gasteiger partial charge on any atom is 0.290 e. The molecular formula is C55H106N2O6. The Morgan fingerprint density at radius 3 is 1.08 bits per heavy atom. The lowest BCUT2D eigenvalue weighted by Crippen LogP contribution is -2.39. The van der Waals surface area contributed by atoms with Crippen molar-refractivity contribution in [3.63, 3.8) is 0 Å². The Kier molecular flexibility index (Phi) is 50.7. The number of hydrogen-bond acceptors (Lipinski definition) is 6. The molecule has 0 saturated heterocycles. The summed E-state index contributed by atoms with van der Waals surface area (Å²) >= 11 is 0. The molecule has 0 spiro atoms. The first-order valence-electron chi connectivity index (χ1n) is 27.3. The zero-order chi connectivity index (χ0) is 46.9. The summed E-state index contributed by atoms with van der Waals surface area (Å²) in [6.07, 6.45) is 52.2. The van der Waals surface area contributed by atoms with Gasteiger partial charge in [-0.2, -0.15) is 0 Å². The predicted molar refractivity (Wildman–Crippen MR) is 274 cm³/mol. The fourth-order valence-corrected chi connectivity index (χ4v) is 9.48. The van der Waals surface area contributed by atoms with Gasteiger partial charge in [-0.1, -0.05) is 253 Å². The smallest absolute Gasteiger partial charge is 0.290 e. The number of rotatable bonds is 46. The van der Waals surface area contributed by atoms with E-state index >= 15 is 0 Å². The fraction of sp³-hybridized carbons (Fsp3) is 0.891. The highest BCUT2D eigenvalue weighted by molar-refractivity contribution is 5.56. The third-order valence-corrected chi connectivity index (χ3v) is 13.2. The minimum Gasteiger partial charge on any atom is -0.483 e. The number of carbonyl (C=O) groups is 2. The Morgan fingerprint density at radius 1 is 0.413 bits per heavy atom. The Balaban J connectivity index is 0. The van der Waals surface area contributed by atoms with Crippen molar-refractivity contribution in [1.29, 1.82) is 0 Å². The first-order chi connectivity index (χ1) is 30.8. The molecule has 63 heavy (non-hydrogen) atoms. The molecule has 1 aromatic rings. The molecule has 0 bridgehead atoms. The Morgan fingerprint density at radius 2 is 0.730 bits per heavy atom. The average molecular weight is 891 g/mol. The summed E-state index contributed by atoms with van der Waals surface area (Å²) in [5, 5.41) is 17.1. The molecule has 0 aliphatic heterocycles. The van der Waals surface area contributed by atoms with Gasteiger partial charge in [0.1, 0.15) is 0 Å². The zero-order valence-corrected chi connectivity index (χ0v) is 42.5. The van der Waals surface area contributed by atoms with E-state index in [2.05, 4.69) is 44.8 Å². The third-order valence-electron chi connectivity index (χ3n) is 13.2. The van der Waals surface area contributed by atoms with Gasteiger partial charge in [-0.3, -0.25) is 19.2 Å². The molecule has 1 unspecified atom stereocenters. The lowest BCUT2D eigenvalue weighted by atomic mass is 9.89. The van der Waals surface area contributed by atoms with Crippen molar-refractivity contribution in [2.75, 3.05) is 31.5 Å². The number of carboxylic acid groups (broad SMARTS) is 2. The average Bonchev–Trinajstić information content (AvgIpc) is 3.28. The van der Waals surface area contributed by atoms with Crippen molar-refractivity contribution in [2.45, 2.75) is 279 Å². The predicted octanol–water partition coefficient (Wildman–Crippen LogP) is 15.7. The van der Waals surface area contributed by atoms with E-state index in [0.29, 0.717) is 5.69 Å². The SMILES string of the molecule is CCCCCCCCC(CCC)CCCCCCCN(CCCCCCCC(CCCCCCCC)CCCCCCCC)CCCNc1c(CCC)c(=O)c1=O.O=CO.O=CO. The number of unbranched alkanes of at least 4 members (excludes halogenated alkanes) is 23. The first-order valence-corrected chi connectivity index (χ1v) is 27.3. The molecule has 372 valence electrons. The highest BCUT2D eigenvalue weighted by atomic mass is 16.3. The van der Waals surface area contributed by atoms with Gasteiger partial charge < -0.3 is 20.4 Å². The Labute approximate surface area is 390 Å². The van der Waals surface area contributed by atoms with Crippen molar-refractivity contribution in [3.8, 4) is 0 Å². The van der Waals surface area contributed by atoms with Crippen molar-refractivity contribution < 1.29 is 19.8 Å². The molecule has 0 fully saturated rings. The van der Waals surface area contributed by atoms with E-state index in [-0.39, 0.29) is 23.8 Å². The van der Waals surface area contributed by atoms with Gasteiger partial charge in [0, 0.05) is 12.1 Å². The number of anilines is 1. The van der Waals surface area contributed by atoms with E-state index in [1.54, 1.807) is 0 Å². The minimum absolute atomic E-state index is 0.250. The molecular weight excluding hydrogens is 785 g/mol. The lowest BCUT2D eigenvalue weighted by molar-refractivity contribution is -0.123. The van der Waals surface area contributed by atoms with Crippen LogP contribution in [0.2, 0.25) is 0 Å². The molecule has 1 rings (SSSR count). The summed E-state index contributed by atoms with van der Waals surface area (Å²) in [6, 6.07) is 0. The van der Waals surface area contributed by atoms with E-state index < -0.39 is 0 Å². The van der Waals surface area contributed by atoms with Crippen LogP contribution in [0.1, 0.15) is 278 Å². The van der Waals surface area contributed by atoms with Gasteiger partial charge in [-0.25, -0.2) is 0 Å². The van der Waals surface area contributed by atoms with Crippen LogP contribution in [0.25, 0.3) is 0 Å². The molecule has 0 radical (unpaired) electrons. The van der Waals surface area contributed by atoms with Crippen molar-refractivity contribution in [3.05, 3.63) is 26.0 Å². The van der Waals surface area contributed by atoms with E-state index in [9.17, 15) is 9.59 Å². The number of nitrogens with zero attached hydrogens (tertiary/aromatic N) is 1. The highest BCUT2D eigenvalue weighted by Gasteiger charge is 2.19. The summed E-state index contributed by atoms with van der Waals surface area (Å²) < 4.78 is 0. The van der Waals surface area contributed by atoms with Crippen molar-refractivity contribution >= 4 is 18.6 Å². The second-order valence-corrected chi connectivity index (χ2v) is 18.9. The molecule has 8 heteroatoms. The van der Waals surface area contributed by atoms with Crippen LogP contribution in [0.3, 0.4) is 0 Å². The van der Waals surface area contributed by atoms with Crippen LogP contribution in [0.5, 0.6) is 0 Å². The Bertz CT molecular complexity index is 1130. The maximum atomic E-state index is 12.2. The molecule has 0 amide bonds. The highest BCUT2D eigenvalue weighted by Crippen LogP contribution is 2.26. The number of hydrogen-bond donors (Lipinski definition) is 3. The monoisotopic (exact) mass is 891 g/mol. The maximum absolute atomic E-state index is 12.2. The molecule has 1 atom stereocenters. The fourth-order valence-electron chi connectivity index (χ4n) is 9.48. The normalized spacial score (nSPS) is 11.7. The van der Waals surface area contributed by atoms with Crippen LogP contribution in [0, 0.1) is 11.8 Å². The molecule has 0 aromatic heterocycles. The van der Waals surface area contributed by atoms with E-state index in [4.69, 9.17) is 19.8 Å². The molecule has 0 saturated carbocycles. The van der Waals surface area contributed by atoms with E-state index in [1.165, 1.54) is 238 Å². The molecule has 0 aliphatic carbocycles. The molecule has 0 heterocycles. The summed E-state index contributed by atoms with van der Waals surface area (Å²) in [7, 11) is 0. The molecule has 3 N–H and O–H groups in total. The lowest BCUT2D eigenvalue weighted by Gasteiger charge is -2.23. The van der Waals surface area contributed by atoms with E-state index in [0.717, 1.165) is 49.8 Å². The summed E-state index contributed by atoms with van der Waals surface area (Å²) in [6.45, 7) is 15.2. The summed E-state index contributed by atoms with van der Waals surface area (Å²) in [5.41, 5.74) is 0.794. The van der Waals surface area contributed by atoms with Crippen LogP contribution in [0.15, 0.2) is 9.59 Å².